The summed E-state index contributed by atoms with van der Waals surface area (Å²) in [6, 6.07) is 0. The van der Waals surface area contributed by atoms with Gasteiger partial charge in [0.1, 0.15) is 0 Å². The molecule has 1 aliphatic heterocycles. The van der Waals surface area contributed by atoms with Gasteiger partial charge in [0.2, 0.25) is 0 Å². The van der Waals surface area contributed by atoms with Gasteiger partial charge in [-0.25, -0.2) is 0 Å². The third-order valence-corrected chi connectivity index (χ3v) is 2.50. The SMILES string of the molecule is CC1CCn2nc(C(N)=O)c(N)c21. The molecule has 2 heterocycles. The highest BCUT2D eigenvalue weighted by atomic mass is 16.1. The summed E-state index contributed by atoms with van der Waals surface area (Å²) in [5.74, 6) is -0.174. The number of aromatic nitrogens is 2. The molecule has 0 bridgehead atoms. The van der Waals surface area contributed by atoms with E-state index >= 15 is 0 Å². The van der Waals surface area contributed by atoms with E-state index < -0.39 is 5.91 Å². The number of primary amides is 1. The molecule has 1 amide bonds. The average Bonchev–Trinajstić information content (AvgIpc) is 2.55. The summed E-state index contributed by atoms with van der Waals surface area (Å²) in [5, 5.41) is 4.06. The molecule has 1 aliphatic rings. The maximum absolute atomic E-state index is 10.9. The molecule has 13 heavy (non-hydrogen) atoms. The van der Waals surface area contributed by atoms with E-state index in [2.05, 4.69) is 12.0 Å². The Morgan fingerprint density at radius 1 is 1.69 bits per heavy atom. The summed E-state index contributed by atoms with van der Waals surface area (Å²) in [6.45, 7) is 2.90. The zero-order valence-electron chi connectivity index (χ0n) is 7.45. The minimum Gasteiger partial charge on any atom is -0.395 e. The van der Waals surface area contributed by atoms with Gasteiger partial charge >= 0.3 is 0 Å². The van der Waals surface area contributed by atoms with Gasteiger partial charge in [-0.1, -0.05) is 6.92 Å². The molecule has 2 rings (SSSR count). The number of nitrogens with two attached hydrogens (primary N) is 2. The molecule has 0 radical (unpaired) electrons. The summed E-state index contributed by atoms with van der Waals surface area (Å²) in [4.78, 5) is 10.9. The van der Waals surface area contributed by atoms with E-state index in [1.165, 1.54) is 0 Å². The Bertz CT molecular complexity index is 368. The molecule has 1 aromatic heterocycles. The van der Waals surface area contributed by atoms with E-state index in [1.54, 1.807) is 4.68 Å². The fourth-order valence-electron chi connectivity index (χ4n) is 1.81. The van der Waals surface area contributed by atoms with Crippen LogP contribution in [-0.4, -0.2) is 15.7 Å². The number of nitrogens with zero attached hydrogens (tertiary/aromatic N) is 2. The fraction of sp³-hybridized carbons (Fsp3) is 0.500. The van der Waals surface area contributed by atoms with Gasteiger partial charge in [-0.2, -0.15) is 5.10 Å². The first-order valence-electron chi connectivity index (χ1n) is 4.27. The van der Waals surface area contributed by atoms with Crippen LogP contribution in [0.5, 0.6) is 0 Å². The molecular formula is C8H12N4O. The van der Waals surface area contributed by atoms with Crippen LogP contribution >= 0.6 is 0 Å². The fourth-order valence-corrected chi connectivity index (χ4v) is 1.81. The summed E-state index contributed by atoms with van der Waals surface area (Å²) in [7, 11) is 0. The Kier molecular flexibility index (Phi) is 1.55. The summed E-state index contributed by atoms with van der Waals surface area (Å²) in [6.07, 6.45) is 1.03. The van der Waals surface area contributed by atoms with Crippen molar-refractivity contribution >= 4 is 11.6 Å². The summed E-state index contributed by atoms with van der Waals surface area (Å²) in [5.41, 5.74) is 12.5. The third-order valence-electron chi connectivity index (χ3n) is 2.50. The van der Waals surface area contributed by atoms with Crippen LogP contribution in [-0.2, 0) is 6.54 Å². The van der Waals surface area contributed by atoms with Crippen molar-refractivity contribution in [1.82, 2.24) is 9.78 Å². The van der Waals surface area contributed by atoms with E-state index in [1.807, 2.05) is 0 Å². The highest BCUT2D eigenvalue weighted by molar-refractivity contribution is 5.96. The molecule has 0 aliphatic carbocycles. The quantitative estimate of drug-likeness (QED) is 0.641. The number of nitrogen functional groups attached to an aromatic ring is 1. The monoisotopic (exact) mass is 180 g/mol. The van der Waals surface area contributed by atoms with Crippen molar-refractivity contribution in [2.24, 2.45) is 5.73 Å². The van der Waals surface area contributed by atoms with Crippen molar-refractivity contribution in [3.05, 3.63) is 11.4 Å². The standard InChI is InChI=1S/C8H12N4O/c1-4-2-3-12-7(4)5(9)6(11-12)8(10)13/h4H,2-3,9H2,1H3,(H2,10,13). The Labute approximate surface area is 75.7 Å². The van der Waals surface area contributed by atoms with Crippen LogP contribution in [0.3, 0.4) is 0 Å². The topological polar surface area (TPSA) is 86.9 Å². The number of carbonyl (C=O) groups excluding carboxylic acids is 1. The Hall–Kier alpha value is -1.52. The van der Waals surface area contributed by atoms with E-state index in [0.29, 0.717) is 11.6 Å². The largest absolute Gasteiger partial charge is 0.395 e. The number of fused-ring (bicyclic) bond motifs is 1. The first kappa shape index (κ1) is 8.10. The summed E-state index contributed by atoms with van der Waals surface area (Å²) < 4.78 is 1.78. The molecule has 70 valence electrons. The molecule has 1 atom stereocenters. The van der Waals surface area contributed by atoms with Crippen molar-refractivity contribution < 1.29 is 4.79 Å². The van der Waals surface area contributed by atoms with Gasteiger partial charge in [-0.3, -0.25) is 9.48 Å². The molecule has 5 heteroatoms. The normalized spacial score (nSPS) is 20.2. The van der Waals surface area contributed by atoms with Crippen molar-refractivity contribution in [3.8, 4) is 0 Å². The molecule has 0 saturated carbocycles. The lowest BCUT2D eigenvalue weighted by Gasteiger charge is -2.00. The molecule has 0 aromatic carbocycles. The van der Waals surface area contributed by atoms with Crippen LogP contribution in [0.15, 0.2) is 0 Å². The minimum absolute atomic E-state index is 0.210. The number of rotatable bonds is 1. The van der Waals surface area contributed by atoms with Gasteiger partial charge in [-0.15, -0.1) is 0 Å². The molecule has 0 saturated heterocycles. The lowest BCUT2D eigenvalue weighted by molar-refractivity contribution is 0.0995. The number of hydrogen-bond acceptors (Lipinski definition) is 3. The molecular weight excluding hydrogens is 168 g/mol. The van der Waals surface area contributed by atoms with Gasteiger partial charge in [0.25, 0.3) is 5.91 Å². The van der Waals surface area contributed by atoms with Crippen molar-refractivity contribution in [2.75, 3.05) is 5.73 Å². The van der Waals surface area contributed by atoms with Crippen molar-refractivity contribution in [3.63, 3.8) is 0 Å². The second-order valence-electron chi connectivity index (χ2n) is 3.42. The number of amides is 1. The molecule has 0 fully saturated rings. The predicted octanol–water partition coefficient (Wildman–Crippen LogP) is 0.0714. The average molecular weight is 180 g/mol. The smallest absolute Gasteiger partial charge is 0.271 e. The lowest BCUT2D eigenvalue weighted by atomic mass is 10.1. The third kappa shape index (κ3) is 0.998. The Morgan fingerprint density at radius 3 is 2.92 bits per heavy atom. The van der Waals surface area contributed by atoms with Crippen LogP contribution in [0.1, 0.15) is 35.4 Å². The summed E-state index contributed by atoms with van der Waals surface area (Å²) >= 11 is 0. The van der Waals surface area contributed by atoms with E-state index in [-0.39, 0.29) is 5.69 Å². The highest BCUT2D eigenvalue weighted by Crippen LogP contribution is 2.33. The van der Waals surface area contributed by atoms with Crippen molar-refractivity contribution in [1.29, 1.82) is 0 Å². The van der Waals surface area contributed by atoms with Crippen molar-refractivity contribution in [2.45, 2.75) is 25.8 Å². The molecule has 1 aromatic rings. The van der Waals surface area contributed by atoms with E-state index in [4.69, 9.17) is 11.5 Å². The van der Waals surface area contributed by atoms with E-state index in [0.717, 1.165) is 18.7 Å². The maximum Gasteiger partial charge on any atom is 0.271 e. The van der Waals surface area contributed by atoms with Crippen LogP contribution in [0.25, 0.3) is 0 Å². The molecule has 4 N–H and O–H groups in total. The van der Waals surface area contributed by atoms with E-state index in [9.17, 15) is 4.79 Å². The first-order valence-corrected chi connectivity index (χ1v) is 4.27. The Balaban J connectivity index is 2.56. The van der Waals surface area contributed by atoms with Crippen LogP contribution < -0.4 is 11.5 Å². The van der Waals surface area contributed by atoms with Crippen LogP contribution in [0, 0.1) is 0 Å². The molecule has 1 unspecified atom stereocenters. The van der Waals surface area contributed by atoms with Gasteiger partial charge in [-0.05, 0) is 6.42 Å². The molecule has 5 nitrogen and oxygen atoms in total. The number of aryl methyl sites for hydroxylation is 1. The number of anilines is 1. The number of hydrogen-bond donors (Lipinski definition) is 2. The Morgan fingerprint density at radius 2 is 2.38 bits per heavy atom. The number of carbonyl (C=O) groups is 1. The highest BCUT2D eigenvalue weighted by Gasteiger charge is 2.27. The second-order valence-corrected chi connectivity index (χ2v) is 3.42. The van der Waals surface area contributed by atoms with Gasteiger partial charge in [0.05, 0.1) is 11.4 Å². The van der Waals surface area contributed by atoms with Crippen LogP contribution in [0.2, 0.25) is 0 Å². The zero-order chi connectivity index (χ0) is 9.59. The van der Waals surface area contributed by atoms with Gasteiger partial charge in [0.15, 0.2) is 5.69 Å². The van der Waals surface area contributed by atoms with Gasteiger partial charge < -0.3 is 11.5 Å². The molecule has 0 spiro atoms. The lowest BCUT2D eigenvalue weighted by Crippen LogP contribution is -2.14. The van der Waals surface area contributed by atoms with Gasteiger partial charge in [0, 0.05) is 12.5 Å². The minimum atomic E-state index is -0.549. The zero-order valence-corrected chi connectivity index (χ0v) is 7.45. The second kappa shape index (κ2) is 2.48. The predicted molar refractivity (Wildman–Crippen MR) is 48.2 cm³/mol. The first-order chi connectivity index (χ1) is 6.11. The maximum atomic E-state index is 10.9. The van der Waals surface area contributed by atoms with Crippen LogP contribution in [0.4, 0.5) is 5.69 Å².